The standard InChI is InChI=1S/C12H25N5O/c1-9(2)8-13-11(5)12-14-15-16-17(12)6-7-18-10(3)4/h9-11,13H,6-8H2,1-5H3. The van der Waals surface area contributed by atoms with Gasteiger partial charge in [-0.2, -0.15) is 0 Å². The first-order valence-corrected chi connectivity index (χ1v) is 6.61. The molecule has 0 aliphatic heterocycles. The molecule has 0 aromatic carbocycles. The predicted molar refractivity (Wildman–Crippen MR) is 70.2 cm³/mol. The molecule has 0 aliphatic carbocycles. The smallest absolute Gasteiger partial charge is 0.168 e. The average Bonchev–Trinajstić information content (AvgIpc) is 2.73. The lowest BCUT2D eigenvalue weighted by Gasteiger charge is -2.15. The number of ether oxygens (including phenoxy) is 1. The third-order valence-corrected chi connectivity index (χ3v) is 2.53. The predicted octanol–water partition coefficient (Wildman–Crippen LogP) is 1.40. The molecule has 0 saturated carbocycles. The van der Waals surface area contributed by atoms with E-state index in [-0.39, 0.29) is 12.1 Å². The summed E-state index contributed by atoms with van der Waals surface area (Å²) in [7, 11) is 0. The van der Waals surface area contributed by atoms with E-state index in [1.165, 1.54) is 0 Å². The van der Waals surface area contributed by atoms with Crippen molar-refractivity contribution < 1.29 is 4.74 Å². The molecule has 0 bridgehead atoms. The van der Waals surface area contributed by atoms with Gasteiger partial charge in [0, 0.05) is 0 Å². The molecule has 0 amide bonds. The molecular weight excluding hydrogens is 230 g/mol. The van der Waals surface area contributed by atoms with Crippen LogP contribution in [-0.2, 0) is 11.3 Å². The molecule has 1 aromatic rings. The van der Waals surface area contributed by atoms with Crippen LogP contribution >= 0.6 is 0 Å². The van der Waals surface area contributed by atoms with E-state index in [0.717, 1.165) is 12.4 Å². The molecule has 6 nitrogen and oxygen atoms in total. The lowest BCUT2D eigenvalue weighted by atomic mass is 10.2. The summed E-state index contributed by atoms with van der Waals surface area (Å²) in [6.07, 6.45) is 0.237. The Bertz CT molecular complexity index is 337. The summed E-state index contributed by atoms with van der Waals surface area (Å²) in [4.78, 5) is 0. The van der Waals surface area contributed by atoms with Crippen LogP contribution < -0.4 is 5.32 Å². The van der Waals surface area contributed by atoms with E-state index in [4.69, 9.17) is 4.74 Å². The van der Waals surface area contributed by atoms with Gasteiger partial charge in [0.05, 0.1) is 25.3 Å². The van der Waals surface area contributed by atoms with Gasteiger partial charge in [0.15, 0.2) is 5.82 Å². The Morgan fingerprint density at radius 1 is 1.22 bits per heavy atom. The maximum absolute atomic E-state index is 5.51. The second-order valence-corrected chi connectivity index (χ2v) is 5.20. The van der Waals surface area contributed by atoms with Crippen LogP contribution in [0.5, 0.6) is 0 Å². The van der Waals surface area contributed by atoms with E-state index in [1.807, 2.05) is 13.8 Å². The minimum absolute atomic E-state index is 0.154. The van der Waals surface area contributed by atoms with E-state index < -0.39 is 0 Å². The van der Waals surface area contributed by atoms with Gasteiger partial charge in [-0.3, -0.25) is 0 Å². The van der Waals surface area contributed by atoms with E-state index in [1.54, 1.807) is 4.68 Å². The Labute approximate surface area is 109 Å². The van der Waals surface area contributed by atoms with Gasteiger partial charge in [-0.1, -0.05) is 13.8 Å². The maximum Gasteiger partial charge on any atom is 0.168 e. The first-order valence-electron chi connectivity index (χ1n) is 6.61. The Kier molecular flexibility index (Phi) is 6.21. The summed E-state index contributed by atoms with van der Waals surface area (Å²) >= 11 is 0. The Morgan fingerprint density at radius 3 is 2.56 bits per heavy atom. The summed E-state index contributed by atoms with van der Waals surface area (Å²) < 4.78 is 7.32. The number of nitrogens with zero attached hydrogens (tertiary/aromatic N) is 4. The fourth-order valence-electron chi connectivity index (χ4n) is 1.56. The molecule has 104 valence electrons. The third kappa shape index (κ3) is 5.10. The fraction of sp³-hybridized carbons (Fsp3) is 0.917. The minimum atomic E-state index is 0.154. The lowest BCUT2D eigenvalue weighted by Crippen LogP contribution is -2.26. The van der Waals surface area contributed by atoms with Crippen LogP contribution in [0.4, 0.5) is 0 Å². The van der Waals surface area contributed by atoms with Crippen molar-refractivity contribution in [2.24, 2.45) is 5.92 Å². The van der Waals surface area contributed by atoms with Crippen molar-refractivity contribution in [1.82, 2.24) is 25.5 Å². The van der Waals surface area contributed by atoms with Gasteiger partial charge < -0.3 is 10.1 Å². The summed E-state index contributed by atoms with van der Waals surface area (Å²) in [5.41, 5.74) is 0. The van der Waals surface area contributed by atoms with Crippen molar-refractivity contribution in [3.63, 3.8) is 0 Å². The Balaban J connectivity index is 2.47. The zero-order chi connectivity index (χ0) is 13.5. The van der Waals surface area contributed by atoms with Gasteiger partial charge >= 0.3 is 0 Å². The van der Waals surface area contributed by atoms with Gasteiger partial charge in [0.1, 0.15) is 0 Å². The van der Waals surface area contributed by atoms with Gasteiger partial charge in [0.25, 0.3) is 0 Å². The number of rotatable bonds is 8. The third-order valence-electron chi connectivity index (χ3n) is 2.53. The van der Waals surface area contributed by atoms with Crippen molar-refractivity contribution in [1.29, 1.82) is 0 Å². The number of aromatic nitrogens is 4. The monoisotopic (exact) mass is 255 g/mol. The SMILES string of the molecule is CC(C)CNC(C)c1nnnn1CCOC(C)C. The molecule has 1 rings (SSSR count). The van der Waals surface area contributed by atoms with Crippen molar-refractivity contribution in [2.75, 3.05) is 13.2 Å². The van der Waals surface area contributed by atoms with E-state index in [9.17, 15) is 0 Å². The van der Waals surface area contributed by atoms with Crippen LogP contribution in [0.15, 0.2) is 0 Å². The van der Waals surface area contributed by atoms with Crippen LogP contribution in [0.2, 0.25) is 0 Å². The number of hydrogen-bond acceptors (Lipinski definition) is 5. The van der Waals surface area contributed by atoms with Crippen molar-refractivity contribution in [3.05, 3.63) is 5.82 Å². The highest BCUT2D eigenvalue weighted by atomic mass is 16.5. The number of hydrogen-bond donors (Lipinski definition) is 1. The number of nitrogens with one attached hydrogen (secondary N) is 1. The molecule has 0 fully saturated rings. The average molecular weight is 255 g/mol. The van der Waals surface area contributed by atoms with Crippen LogP contribution in [0.25, 0.3) is 0 Å². The largest absolute Gasteiger partial charge is 0.377 e. The fourth-order valence-corrected chi connectivity index (χ4v) is 1.56. The van der Waals surface area contributed by atoms with Crippen molar-refractivity contribution >= 4 is 0 Å². The zero-order valence-electron chi connectivity index (χ0n) is 12.1. The van der Waals surface area contributed by atoms with E-state index in [2.05, 4.69) is 41.6 Å². The summed E-state index contributed by atoms with van der Waals surface area (Å²) in [5, 5.41) is 15.2. The minimum Gasteiger partial charge on any atom is -0.377 e. The van der Waals surface area contributed by atoms with Crippen molar-refractivity contribution in [2.45, 2.75) is 53.3 Å². The molecule has 1 atom stereocenters. The lowest BCUT2D eigenvalue weighted by molar-refractivity contribution is 0.0699. The van der Waals surface area contributed by atoms with Crippen LogP contribution in [0, 0.1) is 5.92 Å². The van der Waals surface area contributed by atoms with Gasteiger partial charge in [-0.15, -0.1) is 5.10 Å². The van der Waals surface area contributed by atoms with Crippen LogP contribution in [0.3, 0.4) is 0 Å². The molecule has 18 heavy (non-hydrogen) atoms. The molecule has 6 heteroatoms. The highest BCUT2D eigenvalue weighted by Gasteiger charge is 2.14. The zero-order valence-corrected chi connectivity index (χ0v) is 12.1. The highest BCUT2D eigenvalue weighted by Crippen LogP contribution is 2.08. The van der Waals surface area contributed by atoms with Gasteiger partial charge in [0.2, 0.25) is 0 Å². The molecule has 0 radical (unpaired) electrons. The molecule has 0 saturated heterocycles. The molecule has 1 N–H and O–H groups in total. The molecule has 1 unspecified atom stereocenters. The molecular formula is C12H25N5O. The summed E-state index contributed by atoms with van der Waals surface area (Å²) in [6, 6.07) is 0.154. The van der Waals surface area contributed by atoms with Gasteiger partial charge in [-0.05, 0) is 43.7 Å². The highest BCUT2D eigenvalue weighted by molar-refractivity contribution is 4.89. The first kappa shape index (κ1) is 15.0. The second kappa shape index (κ2) is 7.43. The first-order chi connectivity index (χ1) is 8.50. The van der Waals surface area contributed by atoms with Crippen LogP contribution in [-0.4, -0.2) is 39.5 Å². The molecule has 1 heterocycles. The van der Waals surface area contributed by atoms with E-state index >= 15 is 0 Å². The second-order valence-electron chi connectivity index (χ2n) is 5.20. The maximum atomic E-state index is 5.51. The molecule has 0 spiro atoms. The Hall–Kier alpha value is -1.01. The molecule has 0 aliphatic rings. The topological polar surface area (TPSA) is 64.9 Å². The Morgan fingerprint density at radius 2 is 1.94 bits per heavy atom. The summed E-state index contributed by atoms with van der Waals surface area (Å²) in [5.74, 6) is 1.48. The normalized spacial score (nSPS) is 13.5. The van der Waals surface area contributed by atoms with Crippen molar-refractivity contribution in [3.8, 4) is 0 Å². The molecule has 1 aromatic heterocycles. The van der Waals surface area contributed by atoms with Gasteiger partial charge in [-0.25, -0.2) is 4.68 Å². The van der Waals surface area contributed by atoms with E-state index in [0.29, 0.717) is 19.1 Å². The quantitative estimate of drug-likeness (QED) is 0.760. The summed E-state index contributed by atoms with van der Waals surface area (Å²) in [6.45, 7) is 12.8. The van der Waals surface area contributed by atoms with Crippen LogP contribution in [0.1, 0.15) is 46.5 Å². The number of tetrazole rings is 1.